The molecule has 0 atom stereocenters. The molecule has 0 unspecified atom stereocenters. The number of carbonyl (C=O) groups excluding carboxylic acids is 4. The lowest BCUT2D eigenvalue weighted by Gasteiger charge is -2.33. The lowest BCUT2D eigenvalue weighted by Crippen LogP contribution is -2.55. The third-order valence-corrected chi connectivity index (χ3v) is 3.48. The van der Waals surface area contributed by atoms with Gasteiger partial charge >= 0.3 is 0 Å². The summed E-state index contributed by atoms with van der Waals surface area (Å²) in [7, 11) is 1.57. The molecule has 0 aromatic rings. The number of nitrogens with zero attached hydrogens (tertiary/aromatic N) is 3. The van der Waals surface area contributed by atoms with Gasteiger partial charge in [0.15, 0.2) is 0 Å². The molecule has 0 N–H and O–H groups in total. The predicted octanol–water partition coefficient (Wildman–Crippen LogP) is -1.52. The van der Waals surface area contributed by atoms with Crippen molar-refractivity contribution in [3.8, 4) is 0 Å². The number of carbonyl (C=O) groups is 4. The molecule has 2 aliphatic rings. The van der Waals surface area contributed by atoms with Crippen LogP contribution in [-0.2, 0) is 19.2 Å². The Balaban J connectivity index is 1.90. The van der Waals surface area contributed by atoms with Gasteiger partial charge in [-0.1, -0.05) is 0 Å². The van der Waals surface area contributed by atoms with Crippen molar-refractivity contribution >= 4 is 23.5 Å². The van der Waals surface area contributed by atoms with Crippen LogP contribution in [-0.4, -0.2) is 78.0 Å². The van der Waals surface area contributed by atoms with Gasteiger partial charge in [-0.2, -0.15) is 0 Å². The van der Waals surface area contributed by atoms with Gasteiger partial charge in [-0.25, -0.2) is 0 Å². The van der Waals surface area contributed by atoms with Crippen molar-refractivity contribution in [2.45, 2.75) is 12.8 Å². The first-order chi connectivity index (χ1) is 8.97. The molecule has 0 bridgehead atoms. The Morgan fingerprint density at radius 2 is 1.68 bits per heavy atom. The van der Waals surface area contributed by atoms with E-state index in [0.717, 1.165) is 0 Å². The molecule has 3 amide bonds. The van der Waals surface area contributed by atoms with Crippen molar-refractivity contribution in [1.82, 2.24) is 14.7 Å². The summed E-state index contributed by atoms with van der Waals surface area (Å²) in [4.78, 5) is 50.6. The maximum Gasteiger partial charge on any atom is 0.243 e. The zero-order valence-electron chi connectivity index (χ0n) is 10.9. The van der Waals surface area contributed by atoms with Gasteiger partial charge in [0.05, 0.1) is 6.54 Å². The van der Waals surface area contributed by atoms with Crippen LogP contribution in [0.25, 0.3) is 0 Å². The van der Waals surface area contributed by atoms with E-state index in [1.165, 1.54) is 9.80 Å². The van der Waals surface area contributed by atoms with Gasteiger partial charge in [0.2, 0.25) is 17.7 Å². The first kappa shape index (κ1) is 13.5. The SMILES string of the molecule is CN1CC(=O)N(CC(=O)N2CCC(=O)CC2)CC1=O. The van der Waals surface area contributed by atoms with E-state index in [9.17, 15) is 19.2 Å². The average molecular weight is 267 g/mol. The Morgan fingerprint density at radius 3 is 2.32 bits per heavy atom. The Morgan fingerprint density at radius 1 is 1.05 bits per heavy atom. The molecule has 2 heterocycles. The highest BCUT2D eigenvalue weighted by molar-refractivity contribution is 5.95. The number of Topliss-reactive ketones (excluding diaryl/α,β-unsaturated/α-hetero) is 1. The number of piperidine rings is 1. The molecule has 19 heavy (non-hydrogen) atoms. The summed E-state index contributed by atoms with van der Waals surface area (Å²) in [5.41, 5.74) is 0. The van der Waals surface area contributed by atoms with E-state index in [1.807, 2.05) is 0 Å². The van der Waals surface area contributed by atoms with Crippen LogP contribution in [0, 0.1) is 0 Å². The molecule has 0 radical (unpaired) electrons. The number of ketones is 1. The van der Waals surface area contributed by atoms with E-state index in [-0.39, 0.29) is 43.1 Å². The maximum absolute atomic E-state index is 12.0. The van der Waals surface area contributed by atoms with E-state index >= 15 is 0 Å². The van der Waals surface area contributed by atoms with Gasteiger partial charge in [-0.3, -0.25) is 19.2 Å². The van der Waals surface area contributed by atoms with Gasteiger partial charge < -0.3 is 14.7 Å². The molecule has 7 nitrogen and oxygen atoms in total. The lowest BCUT2D eigenvalue weighted by molar-refractivity contribution is -0.152. The topological polar surface area (TPSA) is 78.0 Å². The summed E-state index contributed by atoms with van der Waals surface area (Å²) in [6, 6.07) is 0. The third-order valence-electron chi connectivity index (χ3n) is 3.48. The van der Waals surface area contributed by atoms with Gasteiger partial charge in [0.25, 0.3) is 0 Å². The molecule has 0 saturated carbocycles. The van der Waals surface area contributed by atoms with Crippen LogP contribution in [0.5, 0.6) is 0 Å². The van der Waals surface area contributed by atoms with Crippen LogP contribution in [0.4, 0.5) is 0 Å². The summed E-state index contributed by atoms with van der Waals surface area (Å²) < 4.78 is 0. The van der Waals surface area contributed by atoms with Crippen LogP contribution in [0.2, 0.25) is 0 Å². The second-order valence-electron chi connectivity index (χ2n) is 4.92. The van der Waals surface area contributed by atoms with E-state index in [2.05, 4.69) is 0 Å². The molecule has 2 aliphatic heterocycles. The zero-order valence-corrected chi connectivity index (χ0v) is 10.9. The molecule has 0 spiro atoms. The number of likely N-dealkylation sites (N-methyl/N-ethyl adjacent to an activating group) is 1. The molecule has 0 aromatic heterocycles. The Labute approximate surface area is 111 Å². The average Bonchev–Trinajstić information content (AvgIpc) is 2.36. The van der Waals surface area contributed by atoms with Gasteiger partial charge in [-0.05, 0) is 0 Å². The minimum atomic E-state index is -0.219. The van der Waals surface area contributed by atoms with Gasteiger partial charge in [-0.15, -0.1) is 0 Å². The van der Waals surface area contributed by atoms with Crippen molar-refractivity contribution in [3.63, 3.8) is 0 Å². The number of rotatable bonds is 2. The third kappa shape index (κ3) is 3.10. The molecule has 2 fully saturated rings. The van der Waals surface area contributed by atoms with Crippen molar-refractivity contribution in [2.24, 2.45) is 0 Å². The Kier molecular flexibility index (Phi) is 3.82. The highest BCUT2D eigenvalue weighted by atomic mass is 16.2. The molecule has 0 aliphatic carbocycles. The predicted molar refractivity (Wildman–Crippen MR) is 65.0 cm³/mol. The summed E-state index contributed by atoms with van der Waals surface area (Å²) in [6.07, 6.45) is 0.753. The number of hydrogen-bond acceptors (Lipinski definition) is 4. The first-order valence-electron chi connectivity index (χ1n) is 6.28. The monoisotopic (exact) mass is 267 g/mol. The molecule has 7 heteroatoms. The quantitative estimate of drug-likeness (QED) is 0.608. The molecule has 2 saturated heterocycles. The first-order valence-corrected chi connectivity index (χ1v) is 6.28. The van der Waals surface area contributed by atoms with Gasteiger partial charge in [0, 0.05) is 33.0 Å². The van der Waals surface area contributed by atoms with Crippen molar-refractivity contribution in [3.05, 3.63) is 0 Å². The van der Waals surface area contributed by atoms with E-state index in [1.54, 1.807) is 11.9 Å². The fourth-order valence-electron chi connectivity index (χ4n) is 2.18. The standard InChI is InChI=1S/C12H17N3O4/c1-13-6-11(18)15(7-10(13)17)8-12(19)14-4-2-9(16)3-5-14/h2-8H2,1H3. The maximum atomic E-state index is 12.0. The molecular weight excluding hydrogens is 250 g/mol. The van der Waals surface area contributed by atoms with E-state index in [0.29, 0.717) is 25.9 Å². The van der Waals surface area contributed by atoms with Crippen LogP contribution < -0.4 is 0 Å². The molecule has 104 valence electrons. The van der Waals surface area contributed by atoms with Gasteiger partial charge in [0.1, 0.15) is 18.9 Å². The normalized spacial score (nSPS) is 21.1. The number of likely N-dealkylation sites (tertiary alicyclic amines) is 1. The number of piperazine rings is 1. The minimum absolute atomic E-state index is 0.0185. The molecule has 2 rings (SSSR count). The van der Waals surface area contributed by atoms with Crippen LogP contribution in [0.15, 0.2) is 0 Å². The Hall–Kier alpha value is -1.92. The fraction of sp³-hybridized carbons (Fsp3) is 0.667. The van der Waals surface area contributed by atoms with Crippen LogP contribution in [0.1, 0.15) is 12.8 Å². The molecule has 0 aromatic carbocycles. The fourth-order valence-corrected chi connectivity index (χ4v) is 2.18. The van der Waals surface area contributed by atoms with Crippen LogP contribution >= 0.6 is 0 Å². The molecular formula is C12H17N3O4. The largest absolute Gasteiger partial charge is 0.340 e. The Bertz CT molecular complexity index is 425. The van der Waals surface area contributed by atoms with Crippen molar-refractivity contribution in [1.29, 1.82) is 0 Å². The highest BCUT2D eigenvalue weighted by Crippen LogP contribution is 2.08. The summed E-state index contributed by atoms with van der Waals surface area (Å²) >= 11 is 0. The van der Waals surface area contributed by atoms with Crippen LogP contribution in [0.3, 0.4) is 0 Å². The van der Waals surface area contributed by atoms with E-state index in [4.69, 9.17) is 0 Å². The lowest BCUT2D eigenvalue weighted by atomic mass is 10.1. The smallest absolute Gasteiger partial charge is 0.243 e. The highest BCUT2D eigenvalue weighted by Gasteiger charge is 2.30. The zero-order chi connectivity index (χ0) is 14.0. The number of hydrogen-bond donors (Lipinski definition) is 0. The number of amides is 3. The van der Waals surface area contributed by atoms with Crippen molar-refractivity contribution < 1.29 is 19.2 Å². The summed E-state index contributed by atoms with van der Waals surface area (Å²) in [5, 5.41) is 0. The second-order valence-corrected chi connectivity index (χ2v) is 4.92. The van der Waals surface area contributed by atoms with Crippen molar-refractivity contribution in [2.75, 3.05) is 39.8 Å². The van der Waals surface area contributed by atoms with E-state index < -0.39 is 0 Å². The summed E-state index contributed by atoms with van der Waals surface area (Å²) in [5.74, 6) is -0.419. The summed E-state index contributed by atoms with van der Waals surface area (Å²) in [6.45, 7) is 0.714. The second kappa shape index (κ2) is 5.38. The minimum Gasteiger partial charge on any atom is -0.340 e.